The fourth-order valence-electron chi connectivity index (χ4n) is 1.62. The van der Waals surface area contributed by atoms with E-state index in [1.54, 1.807) is 14.2 Å². The third kappa shape index (κ3) is 1.97. The van der Waals surface area contributed by atoms with E-state index >= 15 is 0 Å². The van der Waals surface area contributed by atoms with Crippen molar-refractivity contribution in [3.05, 3.63) is 12.7 Å². The first-order chi connectivity index (χ1) is 5.55. The van der Waals surface area contributed by atoms with Crippen LogP contribution < -0.4 is 0 Å². The Balaban J connectivity index is 4.67. The van der Waals surface area contributed by atoms with E-state index in [-0.39, 0.29) is 0 Å². The molecular formula is C9H20O2Si. The van der Waals surface area contributed by atoms with E-state index in [0.29, 0.717) is 11.1 Å². The fraction of sp³-hybridized carbons (Fsp3) is 0.778. The molecule has 0 saturated heterocycles. The SMILES string of the molecule is C=CC(C)[Si](OC)(OC)C(C)C. The Morgan fingerprint density at radius 1 is 1.17 bits per heavy atom. The van der Waals surface area contributed by atoms with Crippen LogP contribution in [0.4, 0.5) is 0 Å². The summed E-state index contributed by atoms with van der Waals surface area (Å²) in [7, 11) is 1.42. The molecule has 0 heterocycles. The molecule has 0 amide bonds. The van der Waals surface area contributed by atoms with Gasteiger partial charge in [0.2, 0.25) is 0 Å². The summed E-state index contributed by atoms with van der Waals surface area (Å²) in [6.45, 7) is 10.2. The molecule has 0 aromatic rings. The van der Waals surface area contributed by atoms with Crippen LogP contribution in [0, 0.1) is 0 Å². The number of allylic oxidation sites excluding steroid dienone is 1. The van der Waals surface area contributed by atoms with Crippen molar-refractivity contribution < 1.29 is 8.85 Å². The zero-order valence-electron chi connectivity index (χ0n) is 8.76. The highest BCUT2D eigenvalue weighted by molar-refractivity contribution is 6.70. The summed E-state index contributed by atoms with van der Waals surface area (Å²) < 4.78 is 11.1. The van der Waals surface area contributed by atoms with Gasteiger partial charge in [0.15, 0.2) is 0 Å². The Labute approximate surface area is 76.8 Å². The minimum atomic E-state index is -2.04. The summed E-state index contributed by atoms with van der Waals surface area (Å²) in [5, 5.41) is 0. The van der Waals surface area contributed by atoms with Crippen molar-refractivity contribution in [2.45, 2.75) is 31.9 Å². The predicted octanol–water partition coefficient (Wildman–Crippen LogP) is 2.71. The van der Waals surface area contributed by atoms with Gasteiger partial charge in [0, 0.05) is 19.8 Å². The van der Waals surface area contributed by atoms with Gasteiger partial charge in [0.05, 0.1) is 0 Å². The van der Waals surface area contributed by atoms with Crippen LogP contribution in [0.2, 0.25) is 11.1 Å². The first-order valence-corrected chi connectivity index (χ1v) is 6.25. The van der Waals surface area contributed by atoms with Crippen molar-refractivity contribution in [3.8, 4) is 0 Å². The molecule has 1 atom stereocenters. The summed E-state index contributed by atoms with van der Waals surface area (Å²) in [5.41, 5.74) is 0.771. The van der Waals surface area contributed by atoms with Crippen molar-refractivity contribution in [1.82, 2.24) is 0 Å². The molecule has 0 aliphatic heterocycles. The largest absolute Gasteiger partial charge is 0.397 e. The molecule has 3 heteroatoms. The predicted molar refractivity (Wildman–Crippen MR) is 54.5 cm³/mol. The molecule has 0 aliphatic rings. The van der Waals surface area contributed by atoms with Crippen molar-refractivity contribution in [1.29, 1.82) is 0 Å². The molecule has 0 aromatic carbocycles. The maximum atomic E-state index is 5.55. The minimum Gasteiger partial charge on any atom is -0.397 e. The Bertz CT molecular complexity index is 141. The van der Waals surface area contributed by atoms with Crippen LogP contribution in [0.1, 0.15) is 20.8 Å². The first kappa shape index (κ1) is 11.9. The van der Waals surface area contributed by atoms with E-state index in [2.05, 4.69) is 27.4 Å². The van der Waals surface area contributed by atoms with Gasteiger partial charge in [-0.3, -0.25) is 0 Å². The smallest absolute Gasteiger partial charge is 0.347 e. The van der Waals surface area contributed by atoms with Crippen LogP contribution in [-0.2, 0) is 8.85 Å². The molecule has 0 aliphatic carbocycles. The van der Waals surface area contributed by atoms with Crippen LogP contribution in [0.15, 0.2) is 12.7 Å². The van der Waals surface area contributed by atoms with E-state index in [1.807, 2.05) is 6.08 Å². The van der Waals surface area contributed by atoms with Crippen LogP contribution in [0.5, 0.6) is 0 Å². The van der Waals surface area contributed by atoms with Gasteiger partial charge in [0.25, 0.3) is 0 Å². The second-order valence-corrected chi connectivity index (χ2v) is 7.63. The van der Waals surface area contributed by atoms with E-state index in [1.165, 1.54) is 0 Å². The molecule has 0 aromatic heterocycles. The van der Waals surface area contributed by atoms with Crippen molar-refractivity contribution in [2.24, 2.45) is 0 Å². The van der Waals surface area contributed by atoms with E-state index < -0.39 is 8.56 Å². The Morgan fingerprint density at radius 2 is 1.58 bits per heavy atom. The van der Waals surface area contributed by atoms with Gasteiger partial charge in [-0.25, -0.2) is 0 Å². The third-order valence-electron chi connectivity index (χ3n) is 2.43. The molecule has 0 N–H and O–H groups in total. The lowest BCUT2D eigenvalue weighted by atomic mass is 10.5. The third-order valence-corrected chi connectivity index (χ3v) is 6.82. The highest BCUT2D eigenvalue weighted by Crippen LogP contribution is 2.33. The van der Waals surface area contributed by atoms with E-state index in [9.17, 15) is 0 Å². The normalized spacial score (nSPS) is 14.8. The second-order valence-electron chi connectivity index (χ2n) is 3.31. The number of hydrogen-bond donors (Lipinski definition) is 0. The van der Waals surface area contributed by atoms with Crippen LogP contribution >= 0.6 is 0 Å². The monoisotopic (exact) mass is 188 g/mol. The molecule has 0 saturated carbocycles. The summed E-state index contributed by atoms with van der Waals surface area (Å²) in [6, 6.07) is 0. The lowest BCUT2D eigenvalue weighted by Gasteiger charge is -2.34. The van der Waals surface area contributed by atoms with Gasteiger partial charge in [-0.2, -0.15) is 0 Å². The van der Waals surface area contributed by atoms with Crippen LogP contribution in [0.3, 0.4) is 0 Å². The van der Waals surface area contributed by atoms with E-state index in [4.69, 9.17) is 8.85 Å². The van der Waals surface area contributed by atoms with Gasteiger partial charge in [0.1, 0.15) is 0 Å². The first-order valence-electron chi connectivity index (χ1n) is 4.28. The topological polar surface area (TPSA) is 18.5 Å². The van der Waals surface area contributed by atoms with Gasteiger partial charge >= 0.3 is 8.56 Å². The molecule has 0 fully saturated rings. The second kappa shape index (κ2) is 4.79. The van der Waals surface area contributed by atoms with Gasteiger partial charge in [-0.05, 0) is 5.54 Å². The Morgan fingerprint density at radius 3 is 1.67 bits per heavy atom. The average molecular weight is 188 g/mol. The van der Waals surface area contributed by atoms with Crippen molar-refractivity contribution in [2.75, 3.05) is 14.2 Å². The molecule has 0 spiro atoms. The molecule has 2 nitrogen and oxygen atoms in total. The van der Waals surface area contributed by atoms with Gasteiger partial charge in [-0.15, -0.1) is 6.58 Å². The quantitative estimate of drug-likeness (QED) is 0.488. The molecule has 0 rings (SSSR count). The molecular weight excluding hydrogens is 168 g/mol. The minimum absolute atomic E-state index is 0.326. The highest BCUT2D eigenvalue weighted by Gasteiger charge is 2.43. The standard InChI is InChI=1S/C9H20O2Si/c1-7-9(4)12(10-5,11-6)8(2)3/h7-9H,1H2,2-6H3. The molecule has 12 heavy (non-hydrogen) atoms. The lowest BCUT2D eigenvalue weighted by Crippen LogP contribution is -2.46. The summed E-state index contributed by atoms with van der Waals surface area (Å²) in [6.07, 6.45) is 1.92. The fourth-order valence-corrected chi connectivity index (χ4v) is 4.85. The van der Waals surface area contributed by atoms with Gasteiger partial charge < -0.3 is 8.85 Å². The Hall–Kier alpha value is -0.123. The van der Waals surface area contributed by atoms with Crippen LogP contribution in [0.25, 0.3) is 0 Å². The highest BCUT2D eigenvalue weighted by atomic mass is 28.4. The summed E-state index contributed by atoms with van der Waals surface area (Å²) >= 11 is 0. The summed E-state index contributed by atoms with van der Waals surface area (Å²) in [4.78, 5) is 0. The zero-order chi connectivity index (χ0) is 9.78. The maximum Gasteiger partial charge on any atom is 0.347 e. The average Bonchev–Trinajstić information content (AvgIpc) is 2.06. The molecule has 1 unspecified atom stereocenters. The Kier molecular flexibility index (Phi) is 4.75. The number of rotatable bonds is 5. The maximum absolute atomic E-state index is 5.55. The molecule has 0 radical (unpaired) electrons. The molecule has 0 bridgehead atoms. The lowest BCUT2D eigenvalue weighted by molar-refractivity contribution is 0.227. The van der Waals surface area contributed by atoms with Crippen molar-refractivity contribution in [3.63, 3.8) is 0 Å². The van der Waals surface area contributed by atoms with Crippen molar-refractivity contribution >= 4 is 8.56 Å². The van der Waals surface area contributed by atoms with Gasteiger partial charge in [-0.1, -0.05) is 26.8 Å². The number of hydrogen-bond acceptors (Lipinski definition) is 2. The summed E-state index contributed by atoms with van der Waals surface area (Å²) in [5.74, 6) is 0. The molecule has 72 valence electrons. The van der Waals surface area contributed by atoms with Crippen LogP contribution in [-0.4, -0.2) is 22.8 Å². The zero-order valence-corrected chi connectivity index (χ0v) is 9.76. The van der Waals surface area contributed by atoms with E-state index in [0.717, 1.165) is 0 Å².